The molecule has 234 valence electrons. The van der Waals surface area contributed by atoms with Gasteiger partial charge in [0.2, 0.25) is 0 Å². The van der Waals surface area contributed by atoms with Crippen molar-refractivity contribution in [3.05, 3.63) is 82.5 Å². The highest BCUT2D eigenvalue weighted by Crippen LogP contribution is 2.44. The highest BCUT2D eigenvalue weighted by molar-refractivity contribution is 7.99. The number of thioether (sulfide) groups is 1. The number of pyridine rings is 1. The molecule has 0 atom stereocenters. The van der Waals surface area contributed by atoms with Gasteiger partial charge < -0.3 is 19.9 Å². The first kappa shape index (κ1) is 30.2. The normalized spacial score (nSPS) is 19.1. The molecule has 45 heavy (non-hydrogen) atoms. The van der Waals surface area contributed by atoms with E-state index >= 15 is 0 Å². The van der Waals surface area contributed by atoms with Crippen molar-refractivity contribution in [3.8, 4) is 0 Å². The van der Waals surface area contributed by atoms with Gasteiger partial charge in [0.25, 0.3) is 0 Å². The van der Waals surface area contributed by atoms with E-state index in [4.69, 9.17) is 16.6 Å². The Morgan fingerprint density at radius 1 is 1.02 bits per heavy atom. The van der Waals surface area contributed by atoms with Crippen molar-refractivity contribution in [1.29, 1.82) is 0 Å². The van der Waals surface area contributed by atoms with E-state index in [-0.39, 0.29) is 0 Å². The fraction of sp³-hybridized carbons (Fsp3) is 0.389. The molecule has 2 aromatic heterocycles. The fourth-order valence-electron chi connectivity index (χ4n) is 7.03. The van der Waals surface area contributed by atoms with Crippen LogP contribution >= 0.6 is 23.4 Å². The lowest BCUT2D eigenvalue weighted by molar-refractivity contribution is 0.0697. The number of aromatic carboxylic acids is 1. The average molecular weight is 642 g/mol. The van der Waals surface area contributed by atoms with Gasteiger partial charge in [-0.1, -0.05) is 43.2 Å². The molecule has 1 aliphatic carbocycles. The van der Waals surface area contributed by atoms with Crippen LogP contribution in [0.4, 0.5) is 17.1 Å². The topological polar surface area (TPSA) is 75.7 Å². The van der Waals surface area contributed by atoms with Crippen LogP contribution in [0.2, 0.25) is 5.02 Å². The summed E-state index contributed by atoms with van der Waals surface area (Å²) in [7, 11) is 0. The number of carboxylic acids is 1. The van der Waals surface area contributed by atoms with Crippen molar-refractivity contribution in [2.24, 2.45) is 5.41 Å². The highest BCUT2D eigenvalue weighted by atomic mass is 35.5. The maximum Gasteiger partial charge on any atom is 0.337 e. The number of rotatable bonds is 6. The molecule has 0 bridgehead atoms. The van der Waals surface area contributed by atoms with E-state index in [1.807, 2.05) is 30.5 Å². The third-order valence-electron chi connectivity index (χ3n) is 9.57. The number of allylic oxidation sites excluding steroid dienone is 1. The molecular weight excluding hydrogens is 602 g/mol. The van der Waals surface area contributed by atoms with Crippen LogP contribution in [-0.4, -0.2) is 71.0 Å². The molecule has 0 radical (unpaired) electrons. The molecule has 4 aromatic rings. The van der Waals surface area contributed by atoms with Gasteiger partial charge in [0, 0.05) is 67.3 Å². The second kappa shape index (κ2) is 12.4. The summed E-state index contributed by atoms with van der Waals surface area (Å²) in [6, 6.07) is 18.4. The van der Waals surface area contributed by atoms with E-state index in [1.54, 1.807) is 23.4 Å². The maximum atomic E-state index is 12.5. The number of anilines is 3. The number of piperazine rings is 1. The first-order chi connectivity index (χ1) is 21.7. The Kier molecular flexibility index (Phi) is 8.31. The number of carboxylic acid groups (broad SMARTS) is 1. The summed E-state index contributed by atoms with van der Waals surface area (Å²) in [5.41, 5.74) is 8.62. The predicted molar refractivity (Wildman–Crippen MR) is 186 cm³/mol. The summed E-state index contributed by atoms with van der Waals surface area (Å²) in [4.78, 5) is 27.7. The molecule has 7 nitrogen and oxygen atoms in total. The molecule has 1 fully saturated rings. The zero-order valence-electron chi connectivity index (χ0n) is 26.0. The lowest BCUT2D eigenvalue weighted by Crippen LogP contribution is -2.47. The monoisotopic (exact) mass is 641 g/mol. The minimum absolute atomic E-state index is 0.299. The molecule has 9 heteroatoms. The van der Waals surface area contributed by atoms with E-state index < -0.39 is 5.97 Å². The number of benzene rings is 2. The van der Waals surface area contributed by atoms with Gasteiger partial charge in [0.15, 0.2) is 0 Å². The number of nitrogens with one attached hydrogen (secondary N) is 1. The molecule has 3 aliphatic rings. The summed E-state index contributed by atoms with van der Waals surface area (Å²) in [5.74, 6) is 0.0383. The van der Waals surface area contributed by atoms with Crippen molar-refractivity contribution in [3.63, 3.8) is 0 Å². The molecule has 0 spiro atoms. The van der Waals surface area contributed by atoms with E-state index in [1.165, 1.54) is 17.6 Å². The minimum Gasteiger partial charge on any atom is -0.478 e. The van der Waals surface area contributed by atoms with Crippen LogP contribution in [0.5, 0.6) is 0 Å². The first-order valence-electron chi connectivity index (χ1n) is 15.9. The van der Waals surface area contributed by atoms with Crippen LogP contribution in [0.15, 0.2) is 71.4 Å². The maximum absolute atomic E-state index is 12.5. The first-order valence-corrected chi connectivity index (χ1v) is 17.3. The second-order valence-electron chi connectivity index (χ2n) is 13.3. The Labute approximate surface area is 274 Å². The standard InChI is InChI=1S/C36H40ClN5O2S/c1-36(2)12-10-26(30(22-36)24-4-6-27(37)7-5-24)23-40-15-17-41(18-16-40)28-8-9-29(35(43)44)31(21-28)42-14-3-19-45-34-32(42)20-25-11-13-38-33(25)39-34/h4-9,11,13,20-21H,3,10,12,14-19,22-23H2,1-2H3,(H,38,39)(H,43,44). The molecule has 7 rings (SSSR count). The van der Waals surface area contributed by atoms with E-state index in [0.717, 1.165) is 102 Å². The van der Waals surface area contributed by atoms with Crippen LogP contribution in [0.1, 0.15) is 55.5 Å². The molecule has 1 saturated heterocycles. The molecular formula is C36H40ClN5O2S. The Morgan fingerprint density at radius 2 is 1.82 bits per heavy atom. The van der Waals surface area contributed by atoms with Crippen LogP contribution in [-0.2, 0) is 0 Å². The molecule has 0 amide bonds. The fourth-order valence-corrected chi connectivity index (χ4v) is 8.10. The number of carbonyl (C=O) groups is 1. The summed E-state index contributed by atoms with van der Waals surface area (Å²) in [6.45, 7) is 10.2. The van der Waals surface area contributed by atoms with Crippen molar-refractivity contribution in [2.75, 3.05) is 54.8 Å². The summed E-state index contributed by atoms with van der Waals surface area (Å²) in [6.07, 6.45) is 6.28. The average Bonchev–Trinajstić information content (AvgIpc) is 3.39. The van der Waals surface area contributed by atoms with Gasteiger partial charge >= 0.3 is 5.97 Å². The Bertz CT molecular complexity index is 1760. The Morgan fingerprint density at radius 3 is 2.60 bits per heavy atom. The number of H-pyrrole nitrogens is 1. The van der Waals surface area contributed by atoms with Crippen LogP contribution < -0.4 is 9.80 Å². The van der Waals surface area contributed by atoms with Crippen molar-refractivity contribution in [2.45, 2.75) is 44.6 Å². The quantitative estimate of drug-likeness (QED) is 0.219. The van der Waals surface area contributed by atoms with Gasteiger partial charge in [-0.05, 0) is 84.7 Å². The van der Waals surface area contributed by atoms with Crippen molar-refractivity contribution in [1.82, 2.24) is 14.9 Å². The van der Waals surface area contributed by atoms with Gasteiger partial charge in [0.05, 0.1) is 16.9 Å². The third-order valence-corrected chi connectivity index (χ3v) is 10.9. The van der Waals surface area contributed by atoms with Gasteiger partial charge in [-0.15, -0.1) is 11.8 Å². The number of hydrogen-bond donors (Lipinski definition) is 2. The zero-order chi connectivity index (χ0) is 31.1. The largest absolute Gasteiger partial charge is 0.478 e. The lowest BCUT2D eigenvalue weighted by Gasteiger charge is -2.39. The smallest absolute Gasteiger partial charge is 0.337 e. The number of nitrogens with zero attached hydrogens (tertiary/aromatic N) is 4. The zero-order valence-corrected chi connectivity index (χ0v) is 27.6. The SMILES string of the molecule is CC1(C)CCC(CN2CCN(c3ccc(C(=O)O)c(N4CCCSc5nc6[nH]ccc6cc54)c3)CC2)=C(c2ccc(Cl)cc2)C1. The highest BCUT2D eigenvalue weighted by Gasteiger charge is 2.30. The third kappa shape index (κ3) is 6.33. The van der Waals surface area contributed by atoms with Gasteiger partial charge in [-0.2, -0.15) is 0 Å². The van der Waals surface area contributed by atoms with Crippen LogP contribution in [0, 0.1) is 5.41 Å². The number of fused-ring (bicyclic) bond motifs is 2. The number of halogens is 1. The molecule has 2 aliphatic heterocycles. The van der Waals surface area contributed by atoms with Crippen LogP contribution in [0.3, 0.4) is 0 Å². The van der Waals surface area contributed by atoms with E-state index in [2.05, 4.69) is 57.8 Å². The van der Waals surface area contributed by atoms with E-state index in [0.29, 0.717) is 11.0 Å². The summed E-state index contributed by atoms with van der Waals surface area (Å²) < 4.78 is 0. The molecule has 2 aromatic carbocycles. The Balaban J connectivity index is 1.12. The Hall–Kier alpha value is -3.46. The molecule has 0 saturated carbocycles. The number of hydrogen-bond acceptors (Lipinski definition) is 6. The molecule has 4 heterocycles. The molecule has 0 unspecified atom stereocenters. The minimum atomic E-state index is -0.907. The molecule has 2 N–H and O–H groups in total. The van der Waals surface area contributed by atoms with Gasteiger partial charge in [-0.25, -0.2) is 9.78 Å². The number of aromatic nitrogens is 2. The van der Waals surface area contributed by atoms with Gasteiger partial charge in [-0.3, -0.25) is 4.90 Å². The van der Waals surface area contributed by atoms with Crippen molar-refractivity contribution < 1.29 is 9.90 Å². The number of aromatic amines is 1. The van der Waals surface area contributed by atoms with Crippen molar-refractivity contribution >= 4 is 63.0 Å². The lowest BCUT2D eigenvalue weighted by atomic mass is 9.72. The van der Waals surface area contributed by atoms with Crippen LogP contribution in [0.25, 0.3) is 16.6 Å². The summed E-state index contributed by atoms with van der Waals surface area (Å²) in [5, 5.41) is 13.0. The van der Waals surface area contributed by atoms with Gasteiger partial charge in [0.1, 0.15) is 10.7 Å². The van der Waals surface area contributed by atoms with E-state index in [9.17, 15) is 9.90 Å². The second-order valence-corrected chi connectivity index (χ2v) is 14.8. The predicted octanol–water partition coefficient (Wildman–Crippen LogP) is 8.33. The summed E-state index contributed by atoms with van der Waals surface area (Å²) >= 11 is 7.96.